The number of carbonyl (C=O) groups excluding carboxylic acids is 1. The molecule has 0 fully saturated rings. The highest BCUT2D eigenvalue weighted by atomic mass is 35.5. The molecule has 1 aromatic heterocycles. The van der Waals surface area contributed by atoms with E-state index < -0.39 is 5.82 Å². The summed E-state index contributed by atoms with van der Waals surface area (Å²) < 4.78 is 15.4. The van der Waals surface area contributed by atoms with Crippen LogP contribution in [0.5, 0.6) is 0 Å². The Morgan fingerprint density at radius 1 is 1.24 bits per heavy atom. The minimum Gasteiger partial charge on any atom is -0.335 e. The molecule has 10 heteroatoms. The number of aromatic nitrogens is 3. The van der Waals surface area contributed by atoms with Gasteiger partial charge < -0.3 is 10.7 Å². The zero-order valence-electron chi connectivity index (χ0n) is 15.1. The van der Waals surface area contributed by atoms with Crippen molar-refractivity contribution in [2.75, 3.05) is 23.0 Å². The van der Waals surface area contributed by atoms with Crippen molar-refractivity contribution in [2.24, 2.45) is 0 Å². The molecule has 0 atom stereocenters. The Bertz CT molecular complexity index is 1050. The van der Waals surface area contributed by atoms with Crippen molar-refractivity contribution < 1.29 is 9.18 Å². The smallest absolute Gasteiger partial charge is 0.237 e. The van der Waals surface area contributed by atoms with Gasteiger partial charge in [0.25, 0.3) is 0 Å². The first-order chi connectivity index (χ1) is 14.0. The van der Waals surface area contributed by atoms with E-state index in [1.165, 1.54) is 27.8 Å². The topological polar surface area (TPSA) is 101 Å². The predicted molar refractivity (Wildman–Crippen MR) is 110 cm³/mol. The minimum absolute atomic E-state index is 0.0459. The molecule has 0 aliphatic rings. The van der Waals surface area contributed by atoms with Crippen molar-refractivity contribution in [2.45, 2.75) is 11.6 Å². The Balaban J connectivity index is 1.74. The maximum absolute atomic E-state index is 14.1. The average molecular weight is 431 g/mol. The molecule has 0 saturated carbocycles. The van der Waals surface area contributed by atoms with Gasteiger partial charge >= 0.3 is 0 Å². The summed E-state index contributed by atoms with van der Waals surface area (Å²) in [6.07, 6.45) is 0.0819. The van der Waals surface area contributed by atoms with Gasteiger partial charge in [-0.1, -0.05) is 35.5 Å². The molecule has 2 aromatic carbocycles. The molecule has 0 saturated heterocycles. The van der Waals surface area contributed by atoms with Crippen LogP contribution in [-0.2, 0) is 4.79 Å². The predicted octanol–water partition coefficient (Wildman–Crippen LogP) is 3.49. The number of anilines is 1. The molecule has 148 valence electrons. The second kappa shape index (κ2) is 9.41. The van der Waals surface area contributed by atoms with Gasteiger partial charge in [0.1, 0.15) is 5.82 Å². The molecule has 0 aliphatic carbocycles. The van der Waals surface area contributed by atoms with Gasteiger partial charge in [-0.05, 0) is 36.4 Å². The molecular formula is C19H16ClFN6OS. The first-order valence-corrected chi connectivity index (χ1v) is 9.88. The van der Waals surface area contributed by atoms with Gasteiger partial charge in [-0.2, -0.15) is 5.26 Å². The van der Waals surface area contributed by atoms with E-state index in [1.54, 1.807) is 30.3 Å². The third-order valence-corrected chi connectivity index (χ3v) is 5.16. The van der Waals surface area contributed by atoms with Gasteiger partial charge in [-0.15, -0.1) is 10.2 Å². The SMILES string of the molecule is N#CCCN(C(=O)CSc1nnc(-c2ccc(Cl)cc2)n1N)c1ccccc1F. The Morgan fingerprint density at radius 2 is 1.97 bits per heavy atom. The van der Waals surface area contributed by atoms with Gasteiger partial charge in [-0.3, -0.25) is 4.79 Å². The molecule has 0 spiro atoms. The normalized spacial score (nSPS) is 10.5. The fourth-order valence-electron chi connectivity index (χ4n) is 2.59. The number of benzene rings is 2. The van der Waals surface area contributed by atoms with Crippen LogP contribution in [0.2, 0.25) is 5.02 Å². The van der Waals surface area contributed by atoms with E-state index in [1.807, 2.05) is 6.07 Å². The largest absolute Gasteiger partial charge is 0.335 e. The van der Waals surface area contributed by atoms with Crippen LogP contribution in [0.15, 0.2) is 53.7 Å². The van der Waals surface area contributed by atoms with E-state index in [-0.39, 0.29) is 30.3 Å². The Labute approximate surface area is 175 Å². The maximum atomic E-state index is 14.1. The van der Waals surface area contributed by atoms with E-state index in [0.717, 1.165) is 17.3 Å². The number of nitrogens with two attached hydrogens (primary N) is 1. The molecule has 0 bridgehead atoms. The standard InChI is InChI=1S/C19H16ClFN6OS/c20-14-8-6-13(7-9-14)18-24-25-19(27(18)23)29-12-17(28)26(11-3-10-22)16-5-2-1-4-15(16)21/h1-2,4-9H,3,11-12,23H2. The Morgan fingerprint density at radius 3 is 2.66 bits per heavy atom. The van der Waals surface area contributed by atoms with E-state index >= 15 is 0 Å². The lowest BCUT2D eigenvalue weighted by Gasteiger charge is -2.22. The van der Waals surface area contributed by atoms with Crippen molar-refractivity contribution in [1.29, 1.82) is 5.26 Å². The highest BCUT2D eigenvalue weighted by Crippen LogP contribution is 2.25. The van der Waals surface area contributed by atoms with Crippen molar-refractivity contribution in [1.82, 2.24) is 14.9 Å². The fraction of sp³-hybridized carbons (Fsp3) is 0.158. The summed E-state index contributed by atoms with van der Waals surface area (Å²) in [5.41, 5.74) is 0.856. The number of rotatable bonds is 7. The van der Waals surface area contributed by atoms with Crippen LogP contribution in [0, 0.1) is 17.1 Å². The zero-order chi connectivity index (χ0) is 20.8. The van der Waals surface area contributed by atoms with E-state index in [9.17, 15) is 9.18 Å². The van der Waals surface area contributed by atoms with Crippen molar-refractivity contribution >= 4 is 35.0 Å². The summed E-state index contributed by atoms with van der Waals surface area (Å²) >= 11 is 6.97. The molecular weight excluding hydrogens is 415 g/mol. The molecule has 0 radical (unpaired) electrons. The van der Waals surface area contributed by atoms with Crippen LogP contribution in [-0.4, -0.2) is 33.1 Å². The maximum Gasteiger partial charge on any atom is 0.237 e. The molecule has 2 N–H and O–H groups in total. The van der Waals surface area contributed by atoms with Crippen LogP contribution in [0.1, 0.15) is 6.42 Å². The summed E-state index contributed by atoms with van der Waals surface area (Å²) in [5.74, 6) is 5.54. The average Bonchev–Trinajstić information content (AvgIpc) is 3.09. The van der Waals surface area contributed by atoms with Crippen molar-refractivity contribution in [3.63, 3.8) is 0 Å². The summed E-state index contributed by atoms with van der Waals surface area (Å²) in [6.45, 7) is 0.0855. The Kier molecular flexibility index (Phi) is 6.69. The quantitative estimate of drug-likeness (QED) is 0.454. The Hall–Kier alpha value is -3.09. The number of nitriles is 1. The fourth-order valence-corrected chi connectivity index (χ4v) is 3.45. The monoisotopic (exact) mass is 430 g/mol. The first-order valence-electron chi connectivity index (χ1n) is 8.52. The number of nitrogen functional groups attached to an aromatic ring is 1. The van der Waals surface area contributed by atoms with E-state index in [2.05, 4.69) is 10.2 Å². The number of hydrogen-bond acceptors (Lipinski definition) is 6. The molecule has 1 amide bonds. The van der Waals surface area contributed by atoms with Crippen LogP contribution in [0.25, 0.3) is 11.4 Å². The zero-order valence-corrected chi connectivity index (χ0v) is 16.7. The summed E-state index contributed by atoms with van der Waals surface area (Å²) in [7, 11) is 0. The number of nitrogens with zero attached hydrogens (tertiary/aromatic N) is 5. The van der Waals surface area contributed by atoms with Crippen molar-refractivity contribution in [3.05, 3.63) is 59.4 Å². The molecule has 0 aliphatic heterocycles. The van der Waals surface area contributed by atoms with Gasteiger partial charge in [0.2, 0.25) is 11.1 Å². The van der Waals surface area contributed by atoms with Gasteiger partial charge in [0.05, 0.1) is 23.9 Å². The van der Waals surface area contributed by atoms with Gasteiger partial charge in [-0.25, -0.2) is 9.07 Å². The minimum atomic E-state index is -0.532. The number of carbonyl (C=O) groups is 1. The summed E-state index contributed by atoms with van der Waals surface area (Å²) in [4.78, 5) is 14.0. The highest BCUT2D eigenvalue weighted by molar-refractivity contribution is 7.99. The van der Waals surface area contributed by atoms with E-state index in [0.29, 0.717) is 16.0 Å². The molecule has 3 aromatic rings. The lowest BCUT2D eigenvalue weighted by atomic mass is 10.2. The van der Waals surface area contributed by atoms with Gasteiger partial charge in [0, 0.05) is 17.1 Å². The van der Waals surface area contributed by atoms with Crippen LogP contribution in [0.4, 0.5) is 10.1 Å². The molecule has 7 nitrogen and oxygen atoms in total. The number of amides is 1. The second-order valence-electron chi connectivity index (χ2n) is 5.88. The second-order valence-corrected chi connectivity index (χ2v) is 7.26. The lowest BCUT2D eigenvalue weighted by Crippen LogP contribution is -2.34. The molecule has 1 heterocycles. The third kappa shape index (κ3) is 4.85. The van der Waals surface area contributed by atoms with Crippen LogP contribution in [0.3, 0.4) is 0 Å². The molecule has 3 rings (SSSR count). The number of thioether (sulfide) groups is 1. The van der Waals surface area contributed by atoms with Crippen LogP contribution < -0.4 is 10.7 Å². The van der Waals surface area contributed by atoms with Gasteiger partial charge in [0.15, 0.2) is 5.82 Å². The van der Waals surface area contributed by atoms with Crippen molar-refractivity contribution in [3.8, 4) is 17.5 Å². The highest BCUT2D eigenvalue weighted by Gasteiger charge is 2.20. The number of para-hydroxylation sites is 1. The summed E-state index contributed by atoms with van der Waals surface area (Å²) in [6, 6.07) is 14.9. The van der Waals surface area contributed by atoms with Crippen LogP contribution >= 0.6 is 23.4 Å². The molecule has 29 heavy (non-hydrogen) atoms. The lowest BCUT2D eigenvalue weighted by molar-refractivity contribution is -0.116. The van der Waals surface area contributed by atoms with E-state index in [4.69, 9.17) is 22.7 Å². The first kappa shape index (κ1) is 20.6. The number of hydrogen-bond donors (Lipinski definition) is 1. The third-order valence-electron chi connectivity index (χ3n) is 3.98. The number of halogens is 2. The summed E-state index contributed by atoms with van der Waals surface area (Å²) in [5, 5.41) is 17.8. The molecule has 0 unspecified atom stereocenters.